The Hall–Kier alpha value is -2.15. The third-order valence-electron chi connectivity index (χ3n) is 2.41. The van der Waals surface area contributed by atoms with Crippen molar-refractivity contribution in [2.75, 3.05) is 0 Å². The third-order valence-corrected chi connectivity index (χ3v) is 2.74. The molecule has 0 aliphatic heterocycles. The summed E-state index contributed by atoms with van der Waals surface area (Å²) in [6.45, 7) is 0. The molecule has 0 fully saturated rings. The lowest BCUT2D eigenvalue weighted by atomic mass is 10.1. The van der Waals surface area contributed by atoms with Gasteiger partial charge < -0.3 is 5.11 Å². The maximum absolute atomic E-state index is 12.5. The fourth-order valence-electron chi connectivity index (χ4n) is 1.56. The molecular formula is C12H6ClF3N2O2. The molecule has 2 rings (SSSR count). The fourth-order valence-corrected chi connectivity index (χ4v) is 1.80. The van der Waals surface area contributed by atoms with Crippen LogP contribution in [0.5, 0.6) is 0 Å². The average Bonchev–Trinajstić information content (AvgIpc) is 2.37. The fraction of sp³-hybridized carbons (Fsp3) is 0.0833. The Morgan fingerprint density at radius 3 is 2.40 bits per heavy atom. The van der Waals surface area contributed by atoms with Crippen LogP contribution in [0.3, 0.4) is 0 Å². The highest BCUT2D eigenvalue weighted by molar-refractivity contribution is 6.33. The number of aromatic nitrogens is 2. The Morgan fingerprint density at radius 1 is 1.20 bits per heavy atom. The number of benzene rings is 1. The molecule has 0 spiro atoms. The van der Waals surface area contributed by atoms with Crippen molar-refractivity contribution in [2.24, 2.45) is 0 Å². The minimum atomic E-state index is -4.82. The number of halogens is 4. The minimum absolute atomic E-state index is 0.0731. The van der Waals surface area contributed by atoms with Crippen LogP contribution in [-0.2, 0) is 6.18 Å². The van der Waals surface area contributed by atoms with Crippen LogP contribution in [-0.4, -0.2) is 21.0 Å². The molecule has 0 bridgehead atoms. The van der Waals surface area contributed by atoms with Crippen LogP contribution in [0.4, 0.5) is 13.2 Å². The standard InChI is InChI=1S/C12H6ClF3N2O2/c13-8-4-2-1-3-6(8)7-5-17-11(12(14,15)16)18-9(7)10(19)20/h1-5H,(H,19,20). The zero-order chi connectivity index (χ0) is 14.9. The summed E-state index contributed by atoms with van der Waals surface area (Å²) in [5.41, 5.74) is -0.572. The maximum Gasteiger partial charge on any atom is 0.451 e. The van der Waals surface area contributed by atoms with E-state index in [4.69, 9.17) is 16.7 Å². The van der Waals surface area contributed by atoms with Crippen molar-refractivity contribution in [1.29, 1.82) is 0 Å². The Morgan fingerprint density at radius 2 is 1.85 bits per heavy atom. The second-order valence-electron chi connectivity index (χ2n) is 3.74. The molecule has 0 amide bonds. The molecule has 1 aromatic carbocycles. The van der Waals surface area contributed by atoms with Gasteiger partial charge in [0.25, 0.3) is 0 Å². The van der Waals surface area contributed by atoms with E-state index in [-0.39, 0.29) is 16.1 Å². The second-order valence-corrected chi connectivity index (χ2v) is 4.15. The molecule has 1 N–H and O–H groups in total. The van der Waals surface area contributed by atoms with Crippen molar-refractivity contribution >= 4 is 17.6 Å². The number of nitrogens with zero attached hydrogens (tertiary/aromatic N) is 2. The Balaban J connectivity index is 2.66. The Labute approximate surface area is 115 Å². The van der Waals surface area contributed by atoms with Crippen molar-refractivity contribution in [3.8, 4) is 11.1 Å². The summed E-state index contributed by atoms with van der Waals surface area (Å²) in [5, 5.41) is 9.20. The van der Waals surface area contributed by atoms with Gasteiger partial charge in [-0.05, 0) is 6.07 Å². The summed E-state index contributed by atoms with van der Waals surface area (Å²) in [5.74, 6) is -3.10. The van der Waals surface area contributed by atoms with Crippen LogP contribution in [0.1, 0.15) is 16.3 Å². The number of hydrogen-bond donors (Lipinski definition) is 1. The summed E-state index contributed by atoms with van der Waals surface area (Å²) < 4.78 is 37.5. The smallest absolute Gasteiger partial charge is 0.451 e. The first-order valence-corrected chi connectivity index (χ1v) is 5.61. The molecule has 4 nitrogen and oxygen atoms in total. The molecule has 0 saturated heterocycles. The summed E-state index contributed by atoms with van der Waals surface area (Å²) in [7, 11) is 0. The first-order chi connectivity index (χ1) is 9.30. The van der Waals surface area contributed by atoms with Gasteiger partial charge in [-0.15, -0.1) is 0 Å². The molecule has 0 radical (unpaired) electrons. The Bertz CT molecular complexity index is 674. The Kier molecular flexibility index (Phi) is 3.63. The lowest BCUT2D eigenvalue weighted by Crippen LogP contribution is -2.15. The third kappa shape index (κ3) is 2.72. The van der Waals surface area contributed by atoms with E-state index in [2.05, 4.69) is 9.97 Å². The van der Waals surface area contributed by atoms with Crippen LogP contribution < -0.4 is 0 Å². The van der Waals surface area contributed by atoms with Crippen molar-refractivity contribution < 1.29 is 23.1 Å². The van der Waals surface area contributed by atoms with Gasteiger partial charge in [-0.3, -0.25) is 0 Å². The van der Waals surface area contributed by atoms with Gasteiger partial charge in [-0.2, -0.15) is 13.2 Å². The van der Waals surface area contributed by atoms with Gasteiger partial charge in [-0.25, -0.2) is 14.8 Å². The van der Waals surface area contributed by atoms with Crippen molar-refractivity contribution in [1.82, 2.24) is 9.97 Å². The highest BCUT2D eigenvalue weighted by atomic mass is 35.5. The molecule has 0 aliphatic carbocycles. The molecule has 2 aromatic rings. The number of hydrogen-bond acceptors (Lipinski definition) is 3. The van der Waals surface area contributed by atoms with Gasteiger partial charge >= 0.3 is 12.1 Å². The van der Waals surface area contributed by atoms with E-state index < -0.39 is 23.7 Å². The monoisotopic (exact) mass is 302 g/mol. The van der Waals surface area contributed by atoms with E-state index in [0.717, 1.165) is 6.20 Å². The minimum Gasteiger partial charge on any atom is -0.476 e. The summed E-state index contributed by atoms with van der Waals surface area (Å²) >= 11 is 5.89. The van der Waals surface area contributed by atoms with Crippen molar-refractivity contribution in [2.45, 2.75) is 6.18 Å². The zero-order valence-electron chi connectivity index (χ0n) is 9.65. The van der Waals surface area contributed by atoms with Crippen molar-refractivity contribution in [3.63, 3.8) is 0 Å². The van der Waals surface area contributed by atoms with E-state index in [0.29, 0.717) is 0 Å². The van der Waals surface area contributed by atoms with Gasteiger partial charge in [0.05, 0.1) is 0 Å². The normalized spacial score (nSPS) is 11.4. The first kappa shape index (κ1) is 14.3. The van der Waals surface area contributed by atoms with Gasteiger partial charge in [0.2, 0.25) is 5.82 Å². The number of rotatable bonds is 2. The predicted octanol–water partition coefficient (Wildman–Crippen LogP) is 3.51. The zero-order valence-corrected chi connectivity index (χ0v) is 10.4. The quantitative estimate of drug-likeness (QED) is 0.922. The van der Waals surface area contributed by atoms with E-state index in [1.807, 2.05) is 0 Å². The maximum atomic E-state index is 12.5. The number of aromatic carboxylic acids is 1. The lowest BCUT2D eigenvalue weighted by Gasteiger charge is -2.10. The number of carboxylic acid groups (broad SMARTS) is 1. The molecule has 0 unspecified atom stereocenters. The molecule has 0 aliphatic rings. The highest BCUT2D eigenvalue weighted by Gasteiger charge is 2.36. The molecule has 0 saturated carbocycles. The second kappa shape index (κ2) is 5.09. The molecule has 104 valence electrons. The van der Waals surface area contributed by atoms with E-state index >= 15 is 0 Å². The molecule has 1 aromatic heterocycles. The molecule has 8 heteroatoms. The van der Waals surface area contributed by atoms with Gasteiger partial charge in [0.1, 0.15) is 0 Å². The largest absolute Gasteiger partial charge is 0.476 e. The summed E-state index contributed by atoms with van der Waals surface area (Å²) in [6, 6.07) is 6.14. The van der Waals surface area contributed by atoms with Crippen LogP contribution in [0.2, 0.25) is 5.02 Å². The van der Waals surface area contributed by atoms with Crippen LogP contribution in [0.25, 0.3) is 11.1 Å². The van der Waals surface area contributed by atoms with Crippen molar-refractivity contribution in [3.05, 3.63) is 47.0 Å². The van der Waals surface area contributed by atoms with Gasteiger partial charge in [-0.1, -0.05) is 29.8 Å². The topological polar surface area (TPSA) is 63.1 Å². The van der Waals surface area contributed by atoms with E-state index in [9.17, 15) is 18.0 Å². The molecule has 1 heterocycles. The van der Waals surface area contributed by atoms with Gasteiger partial charge in [0, 0.05) is 22.3 Å². The predicted molar refractivity (Wildman–Crippen MR) is 64.4 cm³/mol. The van der Waals surface area contributed by atoms with E-state index in [1.165, 1.54) is 12.1 Å². The van der Waals surface area contributed by atoms with Crippen LogP contribution >= 0.6 is 11.6 Å². The number of carbonyl (C=O) groups is 1. The van der Waals surface area contributed by atoms with E-state index in [1.54, 1.807) is 12.1 Å². The van der Waals surface area contributed by atoms with Crippen LogP contribution in [0, 0.1) is 0 Å². The van der Waals surface area contributed by atoms with Crippen LogP contribution in [0.15, 0.2) is 30.5 Å². The SMILES string of the molecule is O=C(O)c1nc(C(F)(F)F)ncc1-c1ccccc1Cl. The summed E-state index contributed by atoms with van der Waals surface area (Å²) in [6.07, 6.45) is -4.01. The highest BCUT2D eigenvalue weighted by Crippen LogP contribution is 2.32. The molecular weight excluding hydrogens is 297 g/mol. The molecule has 0 atom stereocenters. The lowest BCUT2D eigenvalue weighted by molar-refractivity contribution is -0.145. The average molecular weight is 303 g/mol. The van der Waals surface area contributed by atoms with Gasteiger partial charge in [0.15, 0.2) is 5.69 Å². The number of carboxylic acids is 1. The molecule has 20 heavy (non-hydrogen) atoms. The number of alkyl halides is 3. The summed E-state index contributed by atoms with van der Waals surface area (Å²) in [4.78, 5) is 17.3. The first-order valence-electron chi connectivity index (χ1n) is 5.23.